The minimum absolute atomic E-state index is 0. The molecule has 0 aromatic heterocycles. The summed E-state index contributed by atoms with van der Waals surface area (Å²) < 4.78 is 16.9. The number of hydrogen-bond acceptors (Lipinski definition) is 5. The quantitative estimate of drug-likeness (QED) is 0.195. The molecule has 0 N–H and O–H groups in total. The number of carbonyl (C=O) groups is 1. The maximum atomic E-state index is 11.7. The molecule has 0 bridgehead atoms. The first kappa shape index (κ1) is 35.3. The second-order valence-electron chi connectivity index (χ2n) is 6.15. The summed E-state index contributed by atoms with van der Waals surface area (Å²) in [6.07, 6.45) is 9.52. The molecule has 2 rings (SSSR count). The molecule has 2 aliphatic heterocycles. The van der Waals surface area contributed by atoms with Crippen LogP contribution in [0.25, 0.3) is 0 Å². The van der Waals surface area contributed by atoms with Gasteiger partial charge in [0.25, 0.3) is 0 Å². The van der Waals surface area contributed by atoms with Crippen LogP contribution in [-0.4, -0.2) is 55.9 Å². The molecular weight excluding hydrogens is 450 g/mol. The normalized spacial score (nSPS) is 22.2. The summed E-state index contributed by atoms with van der Waals surface area (Å²) in [5.41, 5.74) is 1.27. The predicted molar refractivity (Wildman–Crippen MR) is 119 cm³/mol. The second kappa shape index (κ2) is 20.4. The Balaban J connectivity index is -0.000000479. The van der Waals surface area contributed by atoms with Crippen LogP contribution in [0.15, 0.2) is 27.2 Å². The van der Waals surface area contributed by atoms with E-state index in [0.29, 0.717) is 26.3 Å². The van der Waals surface area contributed by atoms with Crippen molar-refractivity contribution in [2.45, 2.75) is 39.1 Å². The Morgan fingerprint density at radius 1 is 1.35 bits per heavy atom. The Morgan fingerprint density at radius 3 is 2.55 bits per heavy atom. The molecule has 166 valence electrons. The summed E-state index contributed by atoms with van der Waals surface area (Å²) in [6, 6.07) is 0. The third kappa shape index (κ3) is 13.1. The molecule has 31 heavy (non-hydrogen) atoms. The van der Waals surface area contributed by atoms with E-state index in [1.807, 2.05) is 13.0 Å². The van der Waals surface area contributed by atoms with Gasteiger partial charge in [-0.05, 0) is 6.42 Å². The monoisotopic (exact) mass is 480 g/mol. The molecule has 0 radical (unpaired) electrons. The van der Waals surface area contributed by atoms with Crippen LogP contribution in [0.2, 0.25) is 0 Å². The van der Waals surface area contributed by atoms with Crippen molar-refractivity contribution < 1.29 is 56.7 Å². The van der Waals surface area contributed by atoms with Crippen molar-refractivity contribution in [1.29, 1.82) is 0 Å². The van der Waals surface area contributed by atoms with E-state index in [1.165, 1.54) is 16.5 Å². The fraction of sp³-hybridized carbons (Fsp3) is 0.500. The maximum Gasteiger partial charge on any atom is 1.00 e. The van der Waals surface area contributed by atoms with E-state index in [2.05, 4.69) is 54.1 Å². The predicted octanol–water partition coefficient (Wildman–Crippen LogP) is -1.37. The van der Waals surface area contributed by atoms with Gasteiger partial charge in [0.1, 0.15) is 6.10 Å². The van der Waals surface area contributed by atoms with Crippen molar-refractivity contribution in [2.75, 3.05) is 26.3 Å². The molecule has 1 amide bonds. The van der Waals surface area contributed by atoms with Gasteiger partial charge in [-0.3, -0.25) is 12.3 Å². The smallest absolute Gasteiger partial charge is 0.543 e. The van der Waals surface area contributed by atoms with Crippen molar-refractivity contribution in [2.24, 2.45) is 10.9 Å². The third-order valence-corrected chi connectivity index (χ3v) is 4.67. The first-order chi connectivity index (χ1) is 13.5. The van der Waals surface area contributed by atoms with Gasteiger partial charge in [-0.25, -0.2) is 11.0 Å². The van der Waals surface area contributed by atoms with Gasteiger partial charge in [-0.15, -0.1) is 29.0 Å². The molecule has 2 fully saturated rings. The van der Waals surface area contributed by atoms with Crippen molar-refractivity contribution in [3.05, 3.63) is 56.3 Å². The Bertz CT molecular complexity index is 596. The maximum absolute atomic E-state index is 11.7. The number of amides is 1. The topological polar surface area (TPSA) is 60.4 Å². The van der Waals surface area contributed by atoms with E-state index in [4.69, 9.17) is 20.8 Å². The van der Waals surface area contributed by atoms with E-state index in [9.17, 15) is 4.79 Å². The van der Waals surface area contributed by atoms with E-state index >= 15 is 0 Å². The fourth-order valence-corrected chi connectivity index (χ4v) is 3.00. The van der Waals surface area contributed by atoms with Gasteiger partial charge in [-0.1, -0.05) is 20.3 Å². The molecule has 2 aliphatic rings. The van der Waals surface area contributed by atoms with Crippen LogP contribution >= 0.6 is 15.9 Å². The molecule has 2 heterocycles. The Hall–Kier alpha value is -0.245. The number of fused-ring (bicyclic) bond motifs is 1. The number of nitrogens with zero attached hydrogens (tertiary/aromatic N) is 2. The molecule has 2 saturated heterocycles. The molecular formula is C22H31BrLi2N2O4-4. The largest absolute Gasteiger partial charge is 1.00 e. The van der Waals surface area contributed by atoms with E-state index in [1.54, 1.807) is 0 Å². The van der Waals surface area contributed by atoms with Crippen molar-refractivity contribution in [1.82, 2.24) is 4.90 Å². The minimum Gasteiger partial charge on any atom is -0.543 e. The molecule has 2 unspecified atom stereocenters. The zero-order chi connectivity index (χ0) is 20.9. The zero-order valence-electron chi connectivity index (χ0n) is 19.5. The van der Waals surface area contributed by atoms with Gasteiger partial charge >= 0.3 is 43.8 Å². The molecule has 0 aliphatic carbocycles. The van der Waals surface area contributed by atoms with Crippen LogP contribution in [0, 0.1) is 40.0 Å². The molecule has 6 nitrogen and oxygen atoms in total. The molecule has 0 aromatic rings. The van der Waals surface area contributed by atoms with Crippen LogP contribution in [0.4, 0.5) is 4.79 Å². The number of ether oxygens (including phenoxy) is 3. The summed E-state index contributed by atoms with van der Waals surface area (Å²) in [5.74, 6) is 0.181. The summed E-state index contributed by atoms with van der Waals surface area (Å²) in [4.78, 5) is 16.8. The van der Waals surface area contributed by atoms with Crippen LogP contribution < -0.4 is 37.7 Å². The molecule has 0 spiro atoms. The van der Waals surface area contributed by atoms with Gasteiger partial charge in [0.15, 0.2) is 6.29 Å². The summed E-state index contributed by atoms with van der Waals surface area (Å²) in [5, 5.41) is 0. The second-order valence-corrected chi connectivity index (χ2v) is 7.00. The Labute approximate surface area is 221 Å². The molecule has 0 saturated carbocycles. The summed E-state index contributed by atoms with van der Waals surface area (Å²) in [7, 11) is 0. The molecule has 0 aromatic carbocycles. The fourth-order valence-electron chi connectivity index (χ4n) is 2.52. The van der Waals surface area contributed by atoms with Gasteiger partial charge in [0.05, 0.1) is 19.1 Å². The number of allylic oxidation sites excluding steroid dienone is 4. The summed E-state index contributed by atoms with van der Waals surface area (Å²) in [6.45, 7) is 18.3. The van der Waals surface area contributed by atoms with Crippen molar-refractivity contribution in [3.8, 4) is 0 Å². The van der Waals surface area contributed by atoms with Gasteiger partial charge in [-0.2, -0.15) is 10.1 Å². The van der Waals surface area contributed by atoms with Crippen LogP contribution in [0.3, 0.4) is 0 Å². The van der Waals surface area contributed by atoms with E-state index in [-0.39, 0.29) is 69.6 Å². The number of aliphatic imine (C=N–C) groups is 1. The SMILES string of the molecule is [CH-]=C[C-]=N[C-]=C(Br)C=C(C)CC.[CH2-]CN(C[CH2-])C(=O)O[C@H]1COC2OCCC21.[CH3-].[Li+].[Li+]. The average Bonchev–Trinajstić information content (AvgIpc) is 3.28. The van der Waals surface area contributed by atoms with Crippen molar-refractivity contribution >= 4 is 28.2 Å². The number of halogens is 1. The van der Waals surface area contributed by atoms with Gasteiger partial charge < -0.3 is 58.0 Å². The van der Waals surface area contributed by atoms with Gasteiger partial charge in [0.2, 0.25) is 0 Å². The van der Waals surface area contributed by atoms with Crippen molar-refractivity contribution in [3.63, 3.8) is 0 Å². The van der Waals surface area contributed by atoms with E-state index in [0.717, 1.165) is 17.3 Å². The first-order valence-electron chi connectivity index (χ1n) is 9.18. The Morgan fingerprint density at radius 2 is 2.00 bits per heavy atom. The zero-order valence-corrected chi connectivity index (χ0v) is 21.1. The van der Waals surface area contributed by atoms with Gasteiger partial charge in [0, 0.05) is 0 Å². The molecule has 9 heteroatoms. The number of carbonyl (C=O) groups excluding carboxylic acids is 1. The summed E-state index contributed by atoms with van der Waals surface area (Å²) >= 11 is 3.29. The van der Waals surface area contributed by atoms with Crippen LogP contribution in [-0.2, 0) is 14.2 Å². The molecule has 3 atom stereocenters. The van der Waals surface area contributed by atoms with E-state index < -0.39 is 0 Å². The third-order valence-electron chi connectivity index (χ3n) is 4.27. The average molecular weight is 481 g/mol. The minimum atomic E-state index is -0.369. The number of rotatable bonds is 7. The first-order valence-corrected chi connectivity index (χ1v) is 9.97. The standard InChI is InChI=1S/C11H17NO4.C10H11BrN.CH3.2Li/c1-3-12(4-2)11(13)16-9-7-15-10-8(9)5-6-14-10;1-4-6-12-8-10(11)7-9(3)5-2;;;/h8-10H,1-7H2;1,4,7H,5H2,2-3H3;1H3;;/q-2;-3;-1;2*+1/t8?,9-,10?;;;;/m0..../s1. The van der Waals surface area contributed by atoms with Crippen LogP contribution in [0.1, 0.15) is 26.7 Å². The number of hydrogen-bond donors (Lipinski definition) is 0. The van der Waals surface area contributed by atoms with Crippen LogP contribution in [0.5, 0.6) is 0 Å². The Kier molecular flexibility index (Phi) is 23.2.